The van der Waals surface area contributed by atoms with Gasteiger partial charge in [-0.15, -0.1) is 0 Å². The van der Waals surface area contributed by atoms with Crippen LogP contribution < -0.4 is 5.32 Å². The Morgan fingerprint density at radius 3 is 2.08 bits per heavy atom. The average molecular weight is 876 g/mol. The maximum Gasteiger partial charge on any atom is 0.290 e. The molecule has 1 amide bonds. The SMILES string of the molecule is CC.Cc1nccc(-c2ccc(CCNC(=O)C3Cc4cc5c(cc4CN3C3CCCCC3)CC(c3ccc(CCc4ccc(Cl)c(Cl)c4)cc3)CN(C)C5)cc2)c1C.O=CO. The lowest BCUT2D eigenvalue weighted by Gasteiger charge is -2.43. The van der Waals surface area contributed by atoms with E-state index in [1.54, 1.807) is 0 Å². The van der Waals surface area contributed by atoms with Crippen LogP contribution in [-0.2, 0) is 54.8 Å². The van der Waals surface area contributed by atoms with Crippen molar-refractivity contribution in [2.24, 2.45) is 0 Å². The van der Waals surface area contributed by atoms with Crippen LogP contribution in [0.2, 0.25) is 10.0 Å². The lowest BCUT2D eigenvalue weighted by atomic mass is 9.84. The topological polar surface area (TPSA) is 85.8 Å². The van der Waals surface area contributed by atoms with Gasteiger partial charge < -0.3 is 15.3 Å². The quantitative estimate of drug-likeness (QED) is 0.136. The number of carbonyl (C=O) groups excluding carboxylic acids is 1. The number of benzene rings is 4. The highest BCUT2D eigenvalue weighted by Crippen LogP contribution is 2.36. The predicted molar refractivity (Wildman–Crippen MR) is 255 cm³/mol. The minimum Gasteiger partial charge on any atom is -0.483 e. The van der Waals surface area contributed by atoms with Crippen LogP contribution in [0, 0.1) is 13.8 Å². The second-order valence-corrected chi connectivity index (χ2v) is 17.9. The number of nitrogens with zero attached hydrogens (tertiary/aromatic N) is 3. The number of halogens is 2. The summed E-state index contributed by atoms with van der Waals surface area (Å²) >= 11 is 12.4. The van der Waals surface area contributed by atoms with E-state index in [2.05, 4.69) is 114 Å². The van der Waals surface area contributed by atoms with Crippen molar-refractivity contribution in [3.63, 3.8) is 0 Å². The third-order valence-corrected chi connectivity index (χ3v) is 13.8. The zero-order valence-electron chi connectivity index (χ0n) is 37.2. The first-order valence-electron chi connectivity index (χ1n) is 22.6. The largest absolute Gasteiger partial charge is 0.483 e. The summed E-state index contributed by atoms with van der Waals surface area (Å²) in [6.45, 7) is 11.4. The van der Waals surface area contributed by atoms with Crippen LogP contribution in [0.3, 0.4) is 0 Å². The number of pyridine rings is 1. The van der Waals surface area contributed by atoms with Gasteiger partial charge in [0.15, 0.2) is 0 Å². The van der Waals surface area contributed by atoms with Crippen LogP contribution in [0.4, 0.5) is 0 Å². The van der Waals surface area contributed by atoms with Crippen LogP contribution in [-0.4, -0.2) is 64.5 Å². The third kappa shape index (κ3) is 11.9. The van der Waals surface area contributed by atoms with E-state index in [4.69, 9.17) is 33.1 Å². The number of rotatable bonds is 10. The molecule has 5 aromatic rings. The maximum atomic E-state index is 14.1. The molecule has 9 heteroatoms. The fourth-order valence-electron chi connectivity index (χ4n) is 9.61. The normalized spacial score (nSPS) is 17.9. The number of carbonyl (C=O) groups is 2. The lowest BCUT2D eigenvalue weighted by Crippen LogP contribution is -2.54. The highest BCUT2D eigenvalue weighted by Gasteiger charge is 2.37. The second kappa shape index (κ2) is 22.7. The maximum absolute atomic E-state index is 14.1. The van der Waals surface area contributed by atoms with Gasteiger partial charge in [-0.05, 0) is 145 Å². The van der Waals surface area contributed by atoms with E-state index in [1.807, 2.05) is 32.2 Å². The molecule has 2 N–H and O–H groups in total. The number of amides is 1. The molecule has 3 heterocycles. The number of likely N-dealkylation sites (N-methyl/N-ethyl adjacent to an activating group) is 1. The Balaban J connectivity index is 0.00000123. The van der Waals surface area contributed by atoms with Crippen molar-refractivity contribution in [2.75, 3.05) is 20.1 Å². The van der Waals surface area contributed by atoms with Crippen molar-refractivity contribution in [2.45, 2.75) is 123 Å². The van der Waals surface area contributed by atoms with E-state index in [0.29, 0.717) is 28.5 Å². The molecule has 0 spiro atoms. The summed E-state index contributed by atoms with van der Waals surface area (Å²) in [5.74, 6) is 0.605. The van der Waals surface area contributed by atoms with Crippen molar-refractivity contribution in [3.05, 3.63) is 157 Å². The molecule has 0 bridgehead atoms. The Bertz CT molecular complexity index is 2260. The fraction of sp³-hybridized carbons (Fsp3) is 0.415. The van der Waals surface area contributed by atoms with Crippen LogP contribution in [0.1, 0.15) is 108 Å². The van der Waals surface area contributed by atoms with Gasteiger partial charge in [0.05, 0.1) is 16.1 Å². The number of aryl methyl sites for hydroxylation is 3. The van der Waals surface area contributed by atoms with Gasteiger partial charge in [0.25, 0.3) is 6.47 Å². The minimum atomic E-state index is -0.250. The van der Waals surface area contributed by atoms with Crippen LogP contribution >= 0.6 is 23.2 Å². The summed E-state index contributed by atoms with van der Waals surface area (Å²) in [6.07, 6.45) is 12.6. The lowest BCUT2D eigenvalue weighted by molar-refractivity contribution is -0.128. The molecule has 2 atom stereocenters. The fourth-order valence-corrected chi connectivity index (χ4v) is 9.94. The van der Waals surface area contributed by atoms with Gasteiger partial charge in [0.2, 0.25) is 5.91 Å². The molecule has 8 rings (SSSR count). The van der Waals surface area contributed by atoms with Crippen molar-refractivity contribution < 1.29 is 14.7 Å². The molecular weight excluding hydrogens is 812 g/mol. The van der Waals surface area contributed by atoms with Gasteiger partial charge in [0, 0.05) is 50.0 Å². The molecule has 62 heavy (non-hydrogen) atoms. The van der Waals surface area contributed by atoms with E-state index in [1.165, 1.54) is 93.3 Å². The van der Waals surface area contributed by atoms with Crippen LogP contribution in [0.5, 0.6) is 0 Å². The monoisotopic (exact) mass is 874 g/mol. The van der Waals surface area contributed by atoms with Gasteiger partial charge in [-0.2, -0.15) is 0 Å². The number of carboxylic acid groups (broad SMARTS) is 1. The van der Waals surface area contributed by atoms with E-state index < -0.39 is 0 Å². The summed E-state index contributed by atoms with van der Waals surface area (Å²) in [5.41, 5.74) is 15.6. The number of aromatic nitrogens is 1. The predicted octanol–water partition coefficient (Wildman–Crippen LogP) is 11.4. The first-order valence-corrected chi connectivity index (χ1v) is 23.3. The number of hydrogen-bond donors (Lipinski definition) is 2. The molecule has 3 aliphatic rings. The minimum absolute atomic E-state index is 0.134. The standard InChI is InChI=1S/C50H56Cl2N4O.C2H6.CH2O2/c1-33-34(2)53-24-22-46(33)39-18-13-36(14-19-39)21-23-54-50(57)49-29-41-28-43-31-55(3)30-42(26-40(43)27-44(41)32-56(49)45-7-5-4-6-8-45)38-16-11-35(12-17-38)9-10-37-15-20-47(51)48(52)25-37;1-2;2-1-3/h11-20,22,24-25,27-28,42,45,49H,4-10,21,23,26,29-32H2,1-3H3,(H,54,57);1-2H3;1H,(H,2,3). The Morgan fingerprint density at radius 2 is 1.39 bits per heavy atom. The molecule has 2 unspecified atom stereocenters. The molecule has 1 saturated carbocycles. The van der Waals surface area contributed by atoms with E-state index >= 15 is 0 Å². The Labute approximate surface area is 379 Å². The highest BCUT2D eigenvalue weighted by atomic mass is 35.5. The first-order chi connectivity index (χ1) is 30.1. The summed E-state index contributed by atoms with van der Waals surface area (Å²) in [6, 6.07) is 31.4. The molecule has 1 aliphatic carbocycles. The molecule has 4 aromatic carbocycles. The third-order valence-electron chi connectivity index (χ3n) is 13.0. The van der Waals surface area contributed by atoms with Gasteiger partial charge in [-0.1, -0.05) is 123 Å². The van der Waals surface area contributed by atoms with Crippen LogP contribution in [0.15, 0.2) is 91.1 Å². The zero-order chi connectivity index (χ0) is 44.2. The van der Waals surface area contributed by atoms with E-state index in [0.717, 1.165) is 57.4 Å². The average Bonchev–Trinajstić information content (AvgIpc) is 3.45. The van der Waals surface area contributed by atoms with Gasteiger partial charge in [-0.3, -0.25) is 19.5 Å². The summed E-state index contributed by atoms with van der Waals surface area (Å²) in [4.78, 5) is 32.0. The van der Waals surface area contributed by atoms with Crippen molar-refractivity contribution >= 4 is 35.6 Å². The molecule has 7 nitrogen and oxygen atoms in total. The Hall–Kier alpha value is -4.53. The smallest absolute Gasteiger partial charge is 0.290 e. The highest BCUT2D eigenvalue weighted by molar-refractivity contribution is 6.42. The summed E-state index contributed by atoms with van der Waals surface area (Å²) < 4.78 is 0. The van der Waals surface area contributed by atoms with Crippen molar-refractivity contribution in [3.8, 4) is 11.1 Å². The molecule has 1 fully saturated rings. The zero-order valence-corrected chi connectivity index (χ0v) is 38.7. The summed E-state index contributed by atoms with van der Waals surface area (Å²) in [7, 11) is 2.25. The van der Waals surface area contributed by atoms with Gasteiger partial charge >= 0.3 is 0 Å². The second-order valence-electron chi connectivity index (χ2n) is 17.1. The number of nitrogens with one attached hydrogen (secondary N) is 1. The van der Waals surface area contributed by atoms with Crippen molar-refractivity contribution in [1.29, 1.82) is 0 Å². The van der Waals surface area contributed by atoms with Gasteiger partial charge in [0.1, 0.15) is 0 Å². The van der Waals surface area contributed by atoms with Crippen molar-refractivity contribution in [1.82, 2.24) is 20.1 Å². The first kappa shape index (κ1) is 47.0. The summed E-state index contributed by atoms with van der Waals surface area (Å²) in [5, 5.41) is 11.5. The molecule has 0 saturated heterocycles. The molecule has 2 aliphatic heterocycles. The number of hydrogen-bond acceptors (Lipinski definition) is 5. The molecule has 0 radical (unpaired) electrons. The molecule has 328 valence electrons. The molecular formula is C53H64Cl2N4O3. The van der Waals surface area contributed by atoms with Crippen LogP contribution in [0.25, 0.3) is 11.1 Å². The van der Waals surface area contributed by atoms with E-state index in [-0.39, 0.29) is 18.4 Å². The Kier molecular flexibility index (Phi) is 17.2. The Morgan fingerprint density at radius 1 is 0.774 bits per heavy atom. The number of fused-ring (bicyclic) bond motifs is 2. The van der Waals surface area contributed by atoms with E-state index in [9.17, 15) is 4.79 Å². The molecule has 1 aromatic heterocycles. The van der Waals surface area contributed by atoms with Gasteiger partial charge in [-0.25, -0.2) is 0 Å².